The molecule has 1 atom stereocenters. The molecule has 0 aromatic heterocycles. The number of ether oxygens (including phenoxy) is 1. The van der Waals surface area contributed by atoms with E-state index in [1.807, 2.05) is 0 Å². The molecule has 0 fully saturated rings. The molecule has 3 nitrogen and oxygen atoms in total. The Hall–Kier alpha value is -1.22. The molecule has 0 aliphatic rings. The molecule has 0 saturated heterocycles. The third-order valence-electron chi connectivity index (χ3n) is 2.37. The average molecular weight is 257 g/mol. The predicted octanol–water partition coefficient (Wildman–Crippen LogP) is 3.61. The minimum absolute atomic E-state index is 0.464. The van der Waals surface area contributed by atoms with Crippen LogP contribution >= 0.6 is 11.6 Å². The van der Waals surface area contributed by atoms with E-state index >= 15 is 0 Å². The lowest BCUT2D eigenvalue weighted by Crippen LogP contribution is -2.27. The van der Waals surface area contributed by atoms with E-state index in [9.17, 15) is 4.79 Å². The van der Waals surface area contributed by atoms with Gasteiger partial charge in [0.2, 0.25) is 0 Å². The third kappa shape index (κ3) is 5.09. The summed E-state index contributed by atoms with van der Waals surface area (Å²) < 4.78 is 5.42. The summed E-state index contributed by atoms with van der Waals surface area (Å²) in [5, 5.41) is 9.65. The summed E-state index contributed by atoms with van der Waals surface area (Å²) in [4.78, 5) is 11.0. The summed E-state index contributed by atoms with van der Waals surface area (Å²) in [7, 11) is 0. The SMILES string of the molecule is CC(C)CCC(Oc1ccc(Cl)cc1)C(=O)O. The number of carbonyl (C=O) groups is 1. The minimum Gasteiger partial charge on any atom is -0.479 e. The second-order valence-corrected chi connectivity index (χ2v) is 4.81. The zero-order chi connectivity index (χ0) is 12.8. The van der Waals surface area contributed by atoms with Gasteiger partial charge in [-0.3, -0.25) is 0 Å². The first-order valence-electron chi connectivity index (χ1n) is 5.64. The number of hydrogen-bond donors (Lipinski definition) is 1. The van der Waals surface area contributed by atoms with Crippen LogP contribution < -0.4 is 4.74 Å². The van der Waals surface area contributed by atoms with E-state index in [0.717, 1.165) is 6.42 Å². The number of carboxylic acids is 1. The fraction of sp³-hybridized carbons (Fsp3) is 0.462. The first-order valence-corrected chi connectivity index (χ1v) is 6.02. The van der Waals surface area contributed by atoms with Crippen LogP contribution in [0.4, 0.5) is 0 Å². The standard InChI is InChI=1S/C13H17ClO3/c1-9(2)3-8-12(13(15)16)17-11-6-4-10(14)5-7-11/h4-7,9,12H,3,8H2,1-2H3,(H,15,16). The van der Waals surface area contributed by atoms with Gasteiger partial charge in [-0.05, 0) is 43.0 Å². The molecule has 1 N–H and O–H groups in total. The van der Waals surface area contributed by atoms with Crippen molar-refractivity contribution in [1.82, 2.24) is 0 Å². The molecule has 4 heteroatoms. The molecule has 1 unspecified atom stereocenters. The van der Waals surface area contributed by atoms with Gasteiger partial charge in [0.1, 0.15) is 5.75 Å². The summed E-state index contributed by atoms with van der Waals surface area (Å²) in [5.74, 6) is 0.0665. The third-order valence-corrected chi connectivity index (χ3v) is 2.63. The summed E-state index contributed by atoms with van der Waals surface area (Å²) in [6.07, 6.45) is 0.541. The highest BCUT2D eigenvalue weighted by atomic mass is 35.5. The normalized spacial score (nSPS) is 12.5. The molecule has 0 aliphatic carbocycles. The van der Waals surface area contributed by atoms with Gasteiger partial charge in [0.05, 0.1) is 0 Å². The van der Waals surface area contributed by atoms with Crippen LogP contribution in [-0.4, -0.2) is 17.2 Å². The van der Waals surface area contributed by atoms with Gasteiger partial charge in [0.25, 0.3) is 0 Å². The van der Waals surface area contributed by atoms with E-state index in [2.05, 4.69) is 13.8 Å². The first-order chi connectivity index (χ1) is 7.99. The molecule has 1 aromatic rings. The summed E-state index contributed by atoms with van der Waals surface area (Å²) in [6.45, 7) is 4.11. The molecule has 1 rings (SSSR count). The topological polar surface area (TPSA) is 46.5 Å². The molecule has 0 spiro atoms. The lowest BCUT2D eigenvalue weighted by atomic mass is 10.1. The Balaban J connectivity index is 2.60. The maximum absolute atomic E-state index is 11.0. The number of rotatable bonds is 6. The fourth-order valence-electron chi connectivity index (χ4n) is 1.39. The Morgan fingerprint density at radius 1 is 1.29 bits per heavy atom. The number of hydrogen-bond acceptors (Lipinski definition) is 2. The Labute approximate surface area is 106 Å². The van der Waals surface area contributed by atoms with Crippen molar-refractivity contribution in [1.29, 1.82) is 0 Å². The maximum Gasteiger partial charge on any atom is 0.344 e. The van der Waals surface area contributed by atoms with Gasteiger partial charge in [-0.25, -0.2) is 4.79 Å². The van der Waals surface area contributed by atoms with Crippen molar-refractivity contribution in [2.75, 3.05) is 0 Å². The second-order valence-electron chi connectivity index (χ2n) is 4.37. The van der Waals surface area contributed by atoms with E-state index < -0.39 is 12.1 Å². The van der Waals surface area contributed by atoms with E-state index in [1.54, 1.807) is 24.3 Å². The van der Waals surface area contributed by atoms with Crippen LogP contribution in [0.15, 0.2) is 24.3 Å². The molecule has 0 aliphatic heterocycles. The van der Waals surface area contributed by atoms with Crippen LogP contribution in [0.5, 0.6) is 5.75 Å². The summed E-state index contributed by atoms with van der Waals surface area (Å²) >= 11 is 5.74. The van der Waals surface area contributed by atoms with Crippen molar-refractivity contribution in [2.45, 2.75) is 32.8 Å². The molecule has 1 aromatic carbocycles. The maximum atomic E-state index is 11.0. The van der Waals surface area contributed by atoms with Crippen LogP contribution in [0, 0.1) is 5.92 Å². The Morgan fingerprint density at radius 2 is 1.88 bits per heavy atom. The number of halogens is 1. The van der Waals surface area contributed by atoms with E-state index in [-0.39, 0.29) is 0 Å². The predicted molar refractivity (Wildman–Crippen MR) is 67.6 cm³/mol. The smallest absolute Gasteiger partial charge is 0.344 e. The van der Waals surface area contributed by atoms with Gasteiger partial charge >= 0.3 is 5.97 Å². The van der Waals surface area contributed by atoms with Gasteiger partial charge < -0.3 is 9.84 Å². The van der Waals surface area contributed by atoms with Crippen molar-refractivity contribution in [3.8, 4) is 5.75 Å². The van der Waals surface area contributed by atoms with Crippen LogP contribution in [-0.2, 0) is 4.79 Å². The Bertz CT molecular complexity index is 359. The highest BCUT2D eigenvalue weighted by molar-refractivity contribution is 6.30. The minimum atomic E-state index is -0.930. The lowest BCUT2D eigenvalue weighted by molar-refractivity contribution is -0.145. The molecular weight excluding hydrogens is 240 g/mol. The monoisotopic (exact) mass is 256 g/mol. The van der Waals surface area contributed by atoms with E-state index in [0.29, 0.717) is 23.1 Å². The Morgan fingerprint density at radius 3 is 2.35 bits per heavy atom. The molecule has 17 heavy (non-hydrogen) atoms. The second kappa shape index (κ2) is 6.50. The lowest BCUT2D eigenvalue weighted by Gasteiger charge is -2.16. The van der Waals surface area contributed by atoms with Crippen molar-refractivity contribution in [3.05, 3.63) is 29.3 Å². The summed E-state index contributed by atoms with van der Waals surface area (Å²) in [5.41, 5.74) is 0. The van der Waals surface area contributed by atoms with Gasteiger partial charge in [0, 0.05) is 5.02 Å². The van der Waals surface area contributed by atoms with Gasteiger partial charge in [-0.15, -0.1) is 0 Å². The van der Waals surface area contributed by atoms with Crippen LogP contribution in [0.3, 0.4) is 0 Å². The number of carboxylic acid groups (broad SMARTS) is 1. The molecule has 94 valence electrons. The zero-order valence-corrected chi connectivity index (χ0v) is 10.8. The van der Waals surface area contributed by atoms with Crippen LogP contribution in [0.2, 0.25) is 5.02 Å². The quantitative estimate of drug-likeness (QED) is 0.846. The molecule has 0 radical (unpaired) electrons. The molecular formula is C13H17ClO3. The Kier molecular flexibility index (Phi) is 5.29. The highest BCUT2D eigenvalue weighted by Crippen LogP contribution is 2.19. The molecule has 0 saturated carbocycles. The van der Waals surface area contributed by atoms with E-state index in [1.165, 1.54) is 0 Å². The van der Waals surface area contributed by atoms with Crippen molar-refractivity contribution < 1.29 is 14.6 Å². The summed E-state index contributed by atoms with van der Waals surface area (Å²) in [6, 6.07) is 6.71. The fourth-order valence-corrected chi connectivity index (χ4v) is 1.52. The molecule has 0 heterocycles. The largest absolute Gasteiger partial charge is 0.479 e. The van der Waals surface area contributed by atoms with Crippen molar-refractivity contribution in [3.63, 3.8) is 0 Å². The number of benzene rings is 1. The van der Waals surface area contributed by atoms with Gasteiger partial charge in [-0.1, -0.05) is 25.4 Å². The van der Waals surface area contributed by atoms with Crippen LogP contribution in [0.1, 0.15) is 26.7 Å². The number of aliphatic carboxylic acids is 1. The van der Waals surface area contributed by atoms with Gasteiger partial charge in [-0.2, -0.15) is 0 Å². The van der Waals surface area contributed by atoms with Crippen molar-refractivity contribution >= 4 is 17.6 Å². The van der Waals surface area contributed by atoms with E-state index in [4.69, 9.17) is 21.4 Å². The van der Waals surface area contributed by atoms with Gasteiger partial charge in [0.15, 0.2) is 6.10 Å². The molecule has 0 amide bonds. The highest BCUT2D eigenvalue weighted by Gasteiger charge is 2.19. The first kappa shape index (κ1) is 13.8. The zero-order valence-electron chi connectivity index (χ0n) is 10.0. The van der Waals surface area contributed by atoms with Crippen LogP contribution in [0.25, 0.3) is 0 Å². The average Bonchev–Trinajstić information content (AvgIpc) is 2.26. The molecule has 0 bridgehead atoms. The van der Waals surface area contributed by atoms with Crippen molar-refractivity contribution in [2.24, 2.45) is 5.92 Å².